The third kappa shape index (κ3) is 2.22. The molecule has 1 aromatic carbocycles. The van der Waals surface area contributed by atoms with E-state index in [1.807, 2.05) is 30.5 Å². The summed E-state index contributed by atoms with van der Waals surface area (Å²) in [6.07, 6.45) is 2.47. The summed E-state index contributed by atoms with van der Waals surface area (Å²) in [4.78, 5) is 4.43. The number of fused-ring (bicyclic) bond motifs is 1. The van der Waals surface area contributed by atoms with Gasteiger partial charge in [0.2, 0.25) is 0 Å². The van der Waals surface area contributed by atoms with E-state index in [1.54, 1.807) is 16.6 Å². The molecule has 1 N–H and O–H groups in total. The third-order valence-corrected chi connectivity index (χ3v) is 3.08. The van der Waals surface area contributed by atoms with Gasteiger partial charge in [-0.2, -0.15) is 5.10 Å². The smallest absolute Gasteiger partial charge is 0.156 e. The van der Waals surface area contributed by atoms with E-state index in [-0.39, 0.29) is 5.75 Å². The first-order chi connectivity index (χ1) is 8.70. The summed E-state index contributed by atoms with van der Waals surface area (Å²) >= 11 is 3.40. The van der Waals surface area contributed by atoms with Gasteiger partial charge in [0.05, 0.1) is 0 Å². The van der Waals surface area contributed by atoms with Crippen molar-refractivity contribution in [3.05, 3.63) is 58.5 Å². The molecule has 4 nitrogen and oxygen atoms in total. The number of hydrogen-bond acceptors (Lipinski definition) is 3. The molecule has 0 aliphatic carbocycles. The topological polar surface area (TPSA) is 50.4 Å². The van der Waals surface area contributed by atoms with E-state index in [0.29, 0.717) is 6.42 Å². The minimum atomic E-state index is 0.263. The summed E-state index contributed by atoms with van der Waals surface area (Å²) < 4.78 is 2.70. The van der Waals surface area contributed by atoms with E-state index in [2.05, 4.69) is 26.0 Å². The number of phenolic OH excluding ortho intramolecular Hbond substituents is 1. The van der Waals surface area contributed by atoms with Crippen LogP contribution in [0.2, 0.25) is 0 Å². The molecule has 0 saturated carbocycles. The Balaban J connectivity index is 1.95. The van der Waals surface area contributed by atoms with E-state index in [0.717, 1.165) is 21.5 Å². The molecular weight excluding hydrogens is 294 g/mol. The van der Waals surface area contributed by atoms with Crippen LogP contribution in [-0.4, -0.2) is 19.7 Å². The normalized spacial score (nSPS) is 10.9. The van der Waals surface area contributed by atoms with E-state index >= 15 is 0 Å². The van der Waals surface area contributed by atoms with Gasteiger partial charge in [0, 0.05) is 17.1 Å². The van der Waals surface area contributed by atoms with Crippen molar-refractivity contribution in [3.8, 4) is 5.75 Å². The fraction of sp³-hybridized carbons (Fsp3) is 0.0769. The molecule has 5 heteroatoms. The van der Waals surface area contributed by atoms with Crippen molar-refractivity contribution < 1.29 is 5.11 Å². The summed E-state index contributed by atoms with van der Waals surface area (Å²) in [7, 11) is 0. The Bertz CT molecular complexity index is 708. The fourth-order valence-corrected chi connectivity index (χ4v) is 2.15. The highest BCUT2D eigenvalue weighted by Gasteiger charge is 2.05. The van der Waals surface area contributed by atoms with E-state index in [1.165, 1.54) is 0 Å². The number of rotatable bonds is 2. The average molecular weight is 304 g/mol. The van der Waals surface area contributed by atoms with Crippen molar-refractivity contribution in [3.63, 3.8) is 0 Å². The monoisotopic (exact) mass is 303 g/mol. The molecule has 2 heterocycles. The molecule has 3 rings (SSSR count). The first kappa shape index (κ1) is 11.2. The lowest BCUT2D eigenvalue weighted by atomic mass is 10.1. The molecule has 18 heavy (non-hydrogen) atoms. The summed E-state index contributed by atoms with van der Waals surface area (Å²) in [5.41, 5.74) is 1.80. The largest absolute Gasteiger partial charge is 0.508 e. The SMILES string of the molecule is Oc1cccc(Cc2nc3ccc(Br)cn3n2)c1. The van der Waals surface area contributed by atoms with Crippen LogP contribution in [0.5, 0.6) is 5.75 Å². The van der Waals surface area contributed by atoms with Crippen LogP contribution in [0.15, 0.2) is 47.1 Å². The second-order valence-corrected chi connectivity index (χ2v) is 4.94. The first-order valence-corrected chi connectivity index (χ1v) is 6.29. The Morgan fingerprint density at radius 1 is 1.22 bits per heavy atom. The Morgan fingerprint density at radius 3 is 2.94 bits per heavy atom. The Kier molecular flexibility index (Phi) is 2.76. The van der Waals surface area contributed by atoms with Crippen molar-refractivity contribution in [2.24, 2.45) is 0 Å². The van der Waals surface area contributed by atoms with Crippen LogP contribution in [0, 0.1) is 0 Å². The minimum Gasteiger partial charge on any atom is -0.508 e. The number of benzene rings is 1. The van der Waals surface area contributed by atoms with Crippen molar-refractivity contribution in [1.82, 2.24) is 14.6 Å². The number of aromatic hydroxyl groups is 1. The molecule has 0 radical (unpaired) electrons. The molecule has 3 aromatic rings. The molecule has 0 spiro atoms. The Morgan fingerprint density at radius 2 is 2.11 bits per heavy atom. The van der Waals surface area contributed by atoms with E-state index < -0.39 is 0 Å². The van der Waals surface area contributed by atoms with Crippen molar-refractivity contribution in [1.29, 1.82) is 0 Å². The predicted octanol–water partition coefficient (Wildman–Crippen LogP) is 2.79. The van der Waals surface area contributed by atoms with Crippen LogP contribution < -0.4 is 0 Å². The number of nitrogens with zero attached hydrogens (tertiary/aromatic N) is 3. The van der Waals surface area contributed by atoms with Crippen LogP contribution in [-0.2, 0) is 6.42 Å². The van der Waals surface area contributed by atoms with Crippen LogP contribution in [0.4, 0.5) is 0 Å². The maximum Gasteiger partial charge on any atom is 0.156 e. The van der Waals surface area contributed by atoms with Crippen LogP contribution >= 0.6 is 15.9 Å². The van der Waals surface area contributed by atoms with Crippen LogP contribution in [0.1, 0.15) is 11.4 Å². The fourth-order valence-electron chi connectivity index (χ4n) is 1.83. The van der Waals surface area contributed by atoms with Crippen LogP contribution in [0.3, 0.4) is 0 Å². The molecule has 2 aromatic heterocycles. The number of phenols is 1. The number of aromatic nitrogens is 3. The lowest BCUT2D eigenvalue weighted by Gasteiger charge is -1.97. The van der Waals surface area contributed by atoms with Gasteiger partial charge in [0.1, 0.15) is 5.75 Å². The van der Waals surface area contributed by atoms with Gasteiger partial charge in [-0.25, -0.2) is 9.50 Å². The zero-order valence-electron chi connectivity index (χ0n) is 9.42. The number of hydrogen-bond donors (Lipinski definition) is 1. The zero-order chi connectivity index (χ0) is 12.5. The van der Waals surface area contributed by atoms with Crippen molar-refractivity contribution in [2.75, 3.05) is 0 Å². The quantitative estimate of drug-likeness (QED) is 0.792. The lowest BCUT2D eigenvalue weighted by Crippen LogP contribution is -1.91. The van der Waals surface area contributed by atoms with Crippen LogP contribution in [0.25, 0.3) is 5.65 Å². The van der Waals surface area contributed by atoms with Gasteiger partial charge in [-0.1, -0.05) is 12.1 Å². The first-order valence-electron chi connectivity index (χ1n) is 5.49. The van der Waals surface area contributed by atoms with Gasteiger partial charge < -0.3 is 5.11 Å². The van der Waals surface area contributed by atoms with E-state index in [4.69, 9.17) is 0 Å². The second-order valence-electron chi connectivity index (χ2n) is 4.02. The zero-order valence-corrected chi connectivity index (χ0v) is 11.0. The third-order valence-electron chi connectivity index (χ3n) is 2.61. The van der Waals surface area contributed by atoms with Gasteiger partial charge in [-0.3, -0.25) is 0 Å². The van der Waals surface area contributed by atoms with Gasteiger partial charge in [-0.05, 0) is 45.8 Å². The summed E-state index contributed by atoms with van der Waals surface area (Å²) in [6.45, 7) is 0. The van der Waals surface area contributed by atoms with Crippen molar-refractivity contribution >= 4 is 21.6 Å². The molecule has 90 valence electrons. The summed E-state index contributed by atoms with van der Waals surface area (Å²) in [5.74, 6) is 0.998. The molecule has 0 amide bonds. The second kappa shape index (κ2) is 4.42. The summed E-state index contributed by atoms with van der Waals surface area (Å²) in [6, 6.07) is 11.0. The molecule has 0 bridgehead atoms. The molecule has 0 atom stereocenters. The number of pyridine rings is 1. The molecule has 0 saturated heterocycles. The Labute approximate surface area is 112 Å². The standard InChI is InChI=1S/C13H10BrN3O/c14-10-4-5-13-15-12(16-17(13)8-10)7-9-2-1-3-11(18)6-9/h1-6,8,18H,7H2. The maximum absolute atomic E-state index is 9.42. The molecule has 0 aliphatic rings. The van der Waals surface area contributed by atoms with Gasteiger partial charge in [0.25, 0.3) is 0 Å². The molecule has 0 unspecified atom stereocenters. The Hall–Kier alpha value is -1.88. The van der Waals surface area contributed by atoms with E-state index in [9.17, 15) is 5.11 Å². The maximum atomic E-state index is 9.42. The van der Waals surface area contributed by atoms with Gasteiger partial charge in [0.15, 0.2) is 11.5 Å². The molecule has 0 aliphatic heterocycles. The molecule has 0 fully saturated rings. The average Bonchev–Trinajstić information content (AvgIpc) is 2.70. The predicted molar refractivity (Wildman–Crippen MR) is 71.6 cm³/mol. The van der Waals surface area contributed by atoms with Gasteiger partial charge in [-0.15, -0.1) is 0 Å². The molecular formula is C13H10BrN3O. The highest BCUT2D eigenvalue weighted by Crippen LogP contribution is 2.15. The minimum absolute atomic E-state index is 0.263. The summed E-state index contributed by atoms with van der Waals surface area (Å²) in [5, 5.41) is 13.8. The van der Waals surface area contributed by atoms with Crippen molar-refractivity contribution in [2.45, 2.75) is 6.42 Å². The highest BCUT2D eigenvalue weighted by molar-refractivity contribution is 9.10. The highest BCUT2D eigenvalue weighted by atomic mass is 79.9. The number of halogens is 1. The lowest BCUT2D eigenvalue weighted by molar-refractivity contribution is 0.474. The van der Waals surface area contributed by atoms with Gasteiger partial charge >= 0.3 is 0 Å².